The van der Waals surface area contributed by atoms with Gasteiger partial charge in [-0.15, -0.1) is 0 Å². The smallest absolute Gasteiger partial charge is 0.242 e. The summed E-state index contributed by atoms with van der Waals surface area (Å²) in [6, 6.07) is 5.74. The standard InChI is InChI=1S/C14H18BrN3OS/c1-17(9-12(19)18-7-2-3-8-18)11-6-4-5-10(15)13(11)14(16)20/h4-6H,2-3,7-9H2,1H3,(H2,16,20). The van der Waals surface area contributed by atoms with Crippen molar-refractivity contribution < 1.29 is 4.79 Å². The third-order valence-corrected chi connectivity index (χ3v) is 4.35. The van der Waals surface area contributed by atoms with Crippen molar-refractivity contribution in [2.24, 2.45) is 5.73 Å². The van der Waals surface area contributed by atoms with Gasteiger partial charge < -0.3 is 15.5 Å². The van der Waals surface area contributed by atoms with Crippen molar-refractivity contribution in [2.45, 2.75) is 12.8 Å². The summed E-state index contributed by atoms with van der Waals surface area (Å²) in [5.41, 5.74) is 7.44. The monoisotopic (exact) mass is 355 g/mol. The fourth-order valence-corrected chi connectivity index (χ4v) is 3.34. The van der Waals surface area contributed by atoms with Gasteiger partial charge in [0.05, 0.1) is 6.54 Å². The number of rotatable bonds is 4. The molecule has 1 heterocycles. The molecule has 1 aromatic rings. The second-order valence-corrected chi connectivity index (χ2v) is 6.24. The van der Waals surface area contributed by atoms with Crippen LogP contribution in [0.15, 0.2) is 22.7 Å². The summed E-state index contributed by atoms with van der Waals surface area (Å²) in [5, 5.41) is 0. The average Bonchev–Trinajstić information content (AvgIpc) is 2.91. The van der Waals surface area contributed by atoms with Gasteiger partial charge >= 0.3 is 0 Å². The van der Waals surface area contributed by atoms with E-state index >= 15 is 0 Å². The molecular formula is C14H18BrN3OS. The Morgan fingerprint density at radius 1 is 1.45 bits per heavy atom. The lowest BCUT2D eigenvalue weighted by Gasteiger charge is -2.25. The normalized spacial score (nSPS) is 14.4. The second kappa shape index (κ2) is 6.54. The second-order valence-electron chi connectivity index (χ2n) is 4.94. The Morgan fingerprint density at radius 2 is 2.10 bits per heavy atom. The third kappa shape index (κ3) is 3.30. The number of halogens is 1. The van der Waals surface area contributed by atoms with Crippen molar-refractivity contribution in [3.05, 3.63) is 28.2 Å². The summed E-state index contributed by atoms with van der Waals surface area (Å²) in [4.78, 5) is 16.3. The molecule has 6 heteroatoms. The van der Waals surface area contributed by atoms with E-state index in [1.807, 2.05) is 35.0 Å². The van der Waals surface area contributed by atoms with Gasteiger partial charge in [0.25, 0.3) is 0 Å². The van der Waals surface area contributed by atoms with Crippen LogP contribution in [0, 0.1) is 0 Å². The molecule has 1 fully saturated rings. The number of hydrogen-bond acceptors (Lipinski definition) is 3. The van der Waals surface area contributed by atoms with Crippen molar-refractivity contribution in [3.63, 3.8) is 0 Å². The molecule has 0 aliphatic carbocycles. The Bertz CT molecular complexity index is 529. The van der Waals surface area contributed by atoms with E-state index in [9.17, 15) is 4.79 Å². The Labute approximate surface area is 133 Å². The van der Waals surface area contributed by atoms with Gasteiger partial charge in [0.15, 0.2) is 0 Å². The minimum Gasteiger partial charge on any atom is -0.389 e. The van der Waals surface area contributed by atoms with Crippen molar-refractivity contribution in [1.29, 1.82) is 0 Å². The molecule has 0 unspecified atom stereocenters. The maximum absolute atomic E-state index is 12.2. The summed E-state index contributed by atoms with van der Waals surface area (Å²) in [6.45, 7) is 2.08. The quantitative estimate of drug-likeness (QED) is 0.840. The number of benzene rings is 1. The number of carbonyl (C=O) groups excluding carboxylic acids is 1. The minimum absolute atomic E-state index is 0.152. The topological polar surface area (TPSA) is 49.6 Å². The highest BCUT2D eigenvalue weighted by Gasteiger charge is 2.21. The van der Waals surface area contributed by atoms with E-state index in [1.165, 1.54) is 0 Å². The number of carbonyl (C=O) groups is 1. The van der Waals surface area contributed by atoms with Crippen LogP contribution < -0.4 is 10.6 Å². The maximum atomic E-state index is 12.2. The number of hydrogen-bond donors (Lipinski definition) is 1. The first kappa shape index (κ1) is 15.3. The first-order chi connectivity index (χ1) is 9.50. The number of amides is 1. The predicted octanol–water partition coefficient (Wildman–Crippen LogP) is 2.14. The number of anilines is 1. The molecule has 0 saturated carbocycles. The van der Waals surface area contributed by atoms with Crippen LogP contribution in [0.25, 0.3) is 0 Å². The third-order valence-electron chi connectivity index (χ3n) is 3.48. The minimum atomic E-state index is 0.152. The van der Waals surface area contributed by atoms with Crippen LogP contribution in [0.5, 0.6) is 0 Å². The molecule has 1 aromatic carbocycles. The van der Waals surface area contributed by atoms with Crippen molar-refractivity contribution in [1.82, 2.24) is 4.90 Å². The van der Waals surface area contributed by atoms with Crippen molar-refractivity contribution in [3.8, 4) is 0 Å². The molecule has 0 bridgehead atoms. The van der Waals surface area contributed by atoms with E-state index in [-0.39, 0.29) is 5.91 Å². The number of likely N-dealkylation sites (tertiary alicyclic amines) is 1. The Kier molecular flexibility index (Phi) is 4.99. The highest BCUT2D eigenvalue weighted by atomic mass is 79.9. The van der Waals surface area contributed by atoms with E-state index in [2.05, 4.69) is 15.9 Å². The predicted molar refractivity (Wildman–Crippen MR) is 89.1 cm³/mol. The van der Waals surface area contributed by atoms with Gasteiger partial charge in [-0.25, -0.2) is 0 Å². The summed E-state index contributed by atoms with van der Waals surface area (Å²) in [6.07, 6.45) is 2.20. The van der Waals surface area contributed by atoms with Crippen LogP contribution in [0.3, 0.4) is 0 Å². The lowest BCUT2D eigenvalue weighted by Crippen LogP contribution is -2.37. The Morgan fingerprint density at radius 3 is 2.70 bits per heavy atom. The SMILES string of the molecule is CN(CC(=O)N1CCCC1)c1cccc(Br)c1C(N)=S. The molecule has 108 valence electrons. The van der Waals surface area contributed by atoms with E-state index in [4.69, 9.17) is 18.0 Å². The van der Waals surface area contributed by atoms with Crippen LogP contribution in [0.4, 0.5) is 5.69 Å². The molecule has 0 spiro atoms. The van der Waals surface area contributed by atoms with E-state index < -0.39 is 0 Å². The maximum Gasteiger partial charge on any atom is 0.242 e. The Hall–Kier alpha value is -1.14. The fraction of sp³-hybridized carbons (Fsp3) is 0.429. The zero-order chi connectivity index (χ0) is 14.7. The van der Waals surface area contributed by atoms with Gasteiger partial charge in [-0.05, 0) is 40.9 Å². The van der Waals surface area contributed by atoms with Gasteiger partial charge in [-0.2, -0.15) is 0 Å². The molecule has 1 aliphatic heterocycles. The Balaban J connectivity index is 2.16. The number of likely N-dealkylation sites (N-methyl/N-ethyl adjacent to an activating group) is 1. The van der Waals surface area contributed by atoms with Gasteiger partial charge in [-0.3, -0.25) is 4.79 Å². The van der Waals surface area contributed by atoms with Crippen LogP contribution in [-0.2, 0) is 4.79 Å². The highest BCUT2D eigenvalue weighted by molar-refractivity contribution is 9.10. The lowest BCUT2D eigenvalue weighted by molar-refractivity contribution is -0.128. The molecule has 1 saturated heterocycles. The van der Waals surface area contributed by atoms with Gasteiger partial charge in [0.1, 0.15) is 4.99 Å². The number of thiocarbonyl (C=S) groups is 1. The fourth-order valence-electron chi connectivity index (χ4n) is 2.43. The van der Waals surface area contributed by atoms with Gasteiger partial charge in [0.2, 0.25) is 5.91 Å². The zero-order valence-electron chi connectivity index (χ0n) is 11.4. The van der Waals surface area contributed by atoms with Crippen molar-refractivity contribution in [2.75, 3.05) is 31.6 Å². The number of nitrogens with two attached hydrogens (primary N) is 1. The molecule has 0 atom stereocenters. The molecule has 0 radical (unpaired) electrons. The van der Waals surface area contributed by atoms with Crippen LogP contribution in [0.1, 0.15) is 18.4 Å². The van der Waals surface area contributed by atoms with E-state index in [0.717, 1.165) is 41.7 Å². The lowest BCUT2D eigenvalue weighted by atomic mass is 10.1. The summed E-state index contributed by atoms with van der Waals surface area (Å²) >= 11 is 8.56. The molecule has 1 amide bonds. The van der Waals surface area contributed by atoms with E-state index in [0.29, 0.717) is 11.5 Å². The first-order valence-corrected chi connectivity index (χ1v) is 7.78. The molecular weight excluding hydrogens is 338 g/mol. The molecule has 4 nitrogen and oxygen atoms in total. The van der Waals surface area contributed by atoms with E-state index in [1.54, 1.807) is 0 Å². The summed E-state index contributed by atoms with van der Waals surface area (Å²) < 4.78 is 0.850. The van der Waals surface area contributed by atoms with Gasteiger partial charge in [-0.1, -0.05) is 18.3 Å². The van der Waals surface area contributed by atoms with Crippen LogP contribution in [-0.4, -0.2) is 42.5 Å². The van der Waals surface area contributed by atoms with Crippen LogP contribution >= 0.6 is 28.1 Å². The van der Waals surface area contributed by atoms with Crippen molar-refractivity contribution >= 4 is 44.7 Å². The van der Waals surface area contributed by atoms with Gasteiger partial charge in [0, 0.05) is 35.9 Å². The average molecular weight is 356 g/mol. The summed E-state index contributed by atoms with van der Waals surface area (Å²) in [5.74, 6) is 0.152. The highest BCUT2D eigenvalue weighted by Crippen LogP contribution is 2.27. The molecule has 20 heavy (non-hydrogen) atoms. The molecule has 2 rings (SSSR count). The molecule has 2 N–H and O–H groups in total. The number of nitrogens with zero attached hydrogens (tertiary/aromatic N) is 2. The summed E-state index contributed by atoms with van der Waals surface area (Å²) in [7, 11) is 1.89. The first-order valence-electron chi connectivity index (χ1n) is 6.58. The largest absolute Gasteiger partial charge is 0.389 e. The molecule has 1 aliphatic rings. The molecule has 0 aromatic heterocycles. The van der Waals surface area contributed by atoms with Crippen LogP contribution in [0.2, 0.25) is 0 Å². The zero-order valence-corrected chi connectivity index (χ0v) is 13.8.